The van der Waals surface area contributed by atoms with Crippen molar-refractivity contribution in [2.45, 2.75) is 6.61 Å². The quantitative estimate of drug-likeness (QED) is 0.737. The maximum absolute atomic E-state index is 13.1. The lowest BCUT2D eigenvalue weighted by molar-refractivity contribution is 0.278. The number of aromatic hydroxyl groups is 1. The second kappa shape index (κ2) is 2.97. The predicted molar refractivity (Wildman–Crippen MR) is 49.4 cm³/mol. The fourth-order valence-corrected chi connectivity index (χ4v) is 2.26. The largest absolute Gasteiger partial charge is 0.507 e. The average molecular weight is 198 g/mol. The molecule has 0 aliphatic heterocycles. The van der Waals surface area contributed by atoms with E-state index in [1.54, 1.807) is 12.1 Å². The van der Waals surface area contributed by atoms with E-state index in [0.29, 0.717) is 10.1 Å². The van der Waals surface area contributed by atoms with Gasteiger partial charge in [0.05, 0.1) is 6.61 Å². The summed E-state index contributed by atoms with van der Waals surface area (Å²) in [4.78, 5) is 0. The van der Waals surface area contributed by atoms with Gasteiger partial charge in [-0.15, -0.1) is 11.3 Å². The monoisotopic (exact) mass is 198 g/mol. The van der Waals surface area contributed by atoms with Crippen molar-refractivity contribution in [3.63, 3.8) is 0 Å². The molecule has 0 saturated carbocycles. The van der Waals surface area contributed by atoms with Gasteiger partial charge in [0.15, 0.2) is 5.13 Å². The summed E-state index contributed by atoms with van der Waals surface area (Å²) in [6, 6.07) is 4.84. The van der Waals surface area contributed by atoms with Crippen molar-refractivity contribution in [3.05, 3.63) is 28.9 Å². The van der Waals surface area contributed by atoms with Gasteiger partial charge in [-0.2, -0.15) is 4.39 Å². The molecule has 0 radical (unpaired) electrons. The lowest BCUT2D eigenvalue weighted by Gasteiger charge is -1.96. The molecule has 0 aliphatic carbocycles. The second-order valence-corrected chi connectivity index (χ2v) is 3.67. The maximum atomic E-state index is 13.1. The van der Waals surface area contributed by atoms with Gasteiger partial charge in [0.2, 0.25) is 0 Å². The number of aliphatic hydroxyl groups excluding tert-OH is 1. The number of hydrogen-bond acceptors (Lipinski definition) is 3. The fraction of sp³-hybridized carbons (Fsp3) is 0.111. The van der Waals surface area contributed by atoms with Crippen molar-refractivity contribution in [2.75, 3.05) is 0 Å². The second-order valence-electron chi connectivity index (χ2n) is 2.66. The summed E-state index contributed by atoms with van der Waals surface area (Å²) in [7, 11) is 0. The Morgan fingerprint density at radius 1 is 1.38 bits per heavy atom. The number of rotatable bonds is 1. The number of hydrogen-bond donors (Lipinski definition) is 2. The minimum atomic E-state index is -0.431. The molecule has 0 spiro atoms. The third kappa shape index (κ3) is 1.18. The normalized spacial score (nSPS) is 10.9. The number of halogens is 1. The number of phenolic OH excluding ortho intramolecular Hbond substituents is 1. The Labute approximate surface area is 77.9 Å². The van der Waals surface area contributed by atoms with Gasteiger partial charge in [0.1, 0.15) is 5.75 Å². The molecule has 0 unspecified atom stereocenters. The van der Waals surface area contributed by atoms with Gasteiger partial charge < -0.3 is 10.2 Å². The zero-order valence-electron chi connectivity index (χ0n) is 6.62. The Hall–Kier alpha value is -1.13. The molecule has 2 aromatic rings. The van der Waals surface area contributed by atoms with Gasteiger partial charge in [0, 0.05) is 15.6 Å². The van der Waals surface area contributed by atoms with Crippen LogP contribution in [0.15, 0.2) is 18.2 Å². The van der Waals surface area contributed by atoms with Gasteiger partial charge in [0.25, 0.3) is 0 Å². The first-order valence-corrected chi connectivity index (χ1v) is 4.55. The van der Waals surface area contributed by atoms with Crippen LogP contribution in [0.3, 0.4) is 0 Å². The Bertz CT molecular complexity index is 450. The minimum absolute atomic E-state index is 0.0155. The number of aliphatic hydroxyl groups is 1. The van der Waals surface area contributed by atoms with E-state index in [-0.39, 0.29) is 17.9 Å². The molecule has 0 saturated heterocycles. The minimum Gasteiger partial charge on any atom is -0.507 e. The summed E-state index contributed by atoms with van der Waals surface area (Å²) in [5.74, 6) is 0.0155. The van der Waals surface area contributed by atoms with Crippen LogP contribution >= 0.6 is 11.3 Å². The van der Waals surface area contributed by atoms with Crippen LogP contribution in [0.5, 0.6) is 5.75 Å². The van der Waals surface area contributed by atoms with E-state index >= 15 is 0 Å². The van der Waals surface area contributed by atoms with E-state index in [4.69, 9.17) is 5.11 Å². The van der Waals surface area contributed by atoms with Gasteiger partial charge in [-0.25, -0.2) is 0 Å². The molecule has 4 heteroatoms. The molecule has 0 fully saturated rings. The molecule has 0 bridgehead atoms. The standard InChI is InChI=1S/C9H7FO2S/c10-9-5(4-11)8-6(12)2-1-3-7(8)13-9/h1-3,11-12H,4H2. The zero-order chi connectivity index (χ0) is 9.42. The number of thiophene rings is 1. The molecular weight excluding hydrogens is 191 g/mol. The lowest BCUT2D eigenvalue weighted by Crippen LogP contribution is -1.83. The number of benzene rings is 1. The molecule has 1 aromatic heterocycles. The Morgan fingerprint density at radius 2 is 2.15 bits per heavy atom. The van der Waals surface area contributed by atoms with Crippen molar-refractivity contribution >= 4 is 21.4 Å². The summed E-state index contributed by atoms with van der Waals surface area (Å²) >= 11 is 0.931. The molecule has 1 heterocycles. The van der Waals surface area contributed by atoms with Crippen LogP contribution in [0, 0.1) is 5.13 Å². The van der Waals surface area contributed by atoms with Crippen LogP contribution < -0.4 is 0 Å². The van der Waals surface area contributed by atoms with E-state index in [0.717, 1.165) is 11.3 Å². The summed E-state index contributed by atoms with van der Waals surface area (Å²) < 4.78 is 13.8. The van der Waals surface area contributed by atoms with Crippen molar-refractivity contribution in [1.29, 1.82) is 0 Å². The van der Waals surface area contributed by atoms with Crippen LogP contribution in [0.25, 0.3) is 10.1 Å². The van der Waals surface area contributed by atoms with E-state index < -0.39 is 5.13 Å². The highest BCUT2D eigenvalue weighted by atomic mass is 32.1. The molecule has 1 aromatic carbocycles. The molecule has 0 aliphatic rings. The zero-order valence-corrected chi connectivity index (χ0v) is 7.44. The maximum Gasteiger partial charge on any atom is 0.183 e. The molecule has 13 heavy (non-hydrogen) atoms. The SMILES string of the molecule is OCc1c(F)sc2cccc(O)c12. The summed E-state index contributed by atoms with van der Waals surface area (Å²) in [5.41, 5.74) is 0.179. The van der Waals surface area contributed by atoms with Crippen LogP contribution in [0.1, 0.15) is 5.56 Å². The first-order valence-electron chi connectivity index (χ1n) is 3.73. The molecule has 68 valence electrons. The molecule has 2 N–H and O–H groups in total. The Kier molecular flexibility index (Phi) is 1.94. The summed E-state index contributed by atoms with van der Waals surface area (Å²) in [5, 5.41) is 18.3. The summed E-state index contributed by atoms with van der Waals surface area (Å²) in [6.45, 7) is -0.386. The van der Waals surface area contributed by atoms with Crippen LogP contribution in [0.4, 0.5) is 4.39 Å². The first-order chi connectivity index (χ1) is 6.24. The van der Waals surface area contributed by atoms with Crippen molar-refractivity contribution < 1.29 is 14.6 Å². The Balaban J connectivity index is 2.88. The topological polar surface area (TPSA) is 40.5 Å². The average Bonchev–Trinajstić information content (AvgIpc) is 2.42. The van der Waals surface area contributed by atoms with Gasteiger partial charge in [-0.1, -0.05) is 6.07 Å². The van der Waals surface area contributed by atoms with Crippen LogP contribution in [0.2, 0.25) is 0 Å². The van der Waals surface area contributed by atoms with Crippen LogP contribution in [-0.2, 0) is 6.61 Å². The molecular formula is C9H7FO2S. The van der Waals surface area contributed by atoms with Gasteiger partial charge in [-0.3, -0.25) is 0 Å². The molecule has 0 amide bonds. The van der Waals surface area contributed by atoms with E-state index in [1.807, 2.05) is 0 Å². The fourth-order valence-electron chi connectivity index (χ4n) is 1.31. The lowest BCUT2D eigenvalue weighted by atomic mass is 10.1. The van der Waals surface area contributed by atoms with E-state index in [1.165, 1.54) is 6.07 Å². The van der Waals surface area contributed by atoms with Crippen molar-refractivity contribution in [1.82, 2.24) is 0 Å². The highest BCUT2D eigenvalue weighted by Gasteiger charge is 2.13. The van der Waals surface area contributed by atoms with Crippen molar-refractivity contribution in [3.8, 4) is 5.75 Å². The van der Waals surface area contributed by atoms with Crippen molar-refractivity contribution in [2.24, 2.45) is 0 Å². The van der Waals surface area contributed by atoms with E-state index in [2.05, 4.69) is 0 Å². The third-order valence-electron chi connectivity index (χ3n) is 1.90. The first kappa shape index (κ1) is 8.47. The third-order valence-corrected chi connectivity index (χ3v) is 2.89. The Morgan fingerprint density at radius 3 is 2.85 bits per heavy atom. The smallest absolute Gasteiger partial charge is 0.183 e. The number of phenols is 1. The highest BCUT2D eigenvalue weighted by molar-refractivity contribution is 7.17. The summed E-state index contributed by atoms with van der Waals surface area (Å²) in [6.07, 6.45) is 0. The van der Waals surface area contributed by atoms with E-state index in [9.17, 15) is 9.50 Å². The molecule has 2 nitrogen and oxygen atoms in total. The predicted octanol–water partition coefficient (Wildman–Crippen LogP) is 2.24. The van der Waals surface area contributed by atoms with Gasteiger partial charge in [-0.05, 0) is 12.1 Å². The number of fused-ring (bicyclic) bond motifs is 1. The molecule has 0 atom stereocenters. The molecule has 2 rings (SSSR count). The van der Waals surface area contributed by atoms with Gasteiger partial charge >= 0.3 is 0 Å². The van der Waals surface area contributed by atoms with Crippen LogP contribution in [-0.4, -0.2) is 10.2 Å². The highest BCUT2D eigenvalue weighted by Crippen LogP contribution is 2.35.